The van der Waals surface area contributed by atoms with Crippen molar-refractivity contribution in [3.63, 3.8) is 0 Å². The van der Waals surface area contributed by atoms with Gasteiger partial charge in [-0.3, -0.25) is 15.1 Å². The largest absolute Gasteiger partial charge is 0.423 e. The number of oxazole rings is 1. The number of non-ortho nitro benzene ring substituents is 1. The number of rotatable bonds is 4. The number of para-hydroxylation sites is 1. The molecular formula is C14H12N4O3. The van der Waals surface area contributed by atoms with Gasteiger partial charge in [0.1, 0.15) is 0 Å². The van der Waals surface area contributed by atoms with E-state index in [4.69, 9.17) is 4.42 Å². The number of pyridine rings is 1. The van der Waals surface area contributed by atoms with Crippen molar-refractivity contribution in [2.24, 2.45) is 0 Å². The Kier molecular flexibility index (Phi) is 3.23. The van der Waals surface area contributed by atoms with Gasteiger partial charge < -0.3 is 9.73 Å². The fraction of sp³-hybridized carbons (Fsp3) is 0.143. The van der Waals surface area contributed by atoms with Gasteiger partial charge in [0.05, 0.1) is 11.0 Å². The molecule has 0 aliphatic rings. The number of nitrogens with one attached hydrogen (secondary N) is 1. The predicted octanol–water partition coefficient (Wildman–Crippen LogP) is 3.30. The zero-order chi connectivity index (χ0) is 14.8. The lowest BCUT2D eigenvalue weighted by atomic mass is 10.1. The average molecular weight is 284 g/mol. The lowest BCUT2D eigenvalue weighted by Gasteiger charge is -2.11. The molecule has 106 valence electrons. The number of hydrogen-bond acceptors (Lipinski definition) is 6. The maximum atomic E-state index is 11.0. The zero-order valence-electron chi connectivity index (χ0n) is 11.2. The molecule has 0 radical (unpaired) electrons. The normalized spacial score (nSPS) is 12.2. The minimum Gasteiger partial charge on any atom is -0.423 e. The average Bonchev–Trinajstić information content (AvgIpc) is 2.89. The van der Waals surface area contributed by atoms with Gasteiger partial charge in [-0.2, -0.15) is 4.98 Å². The Morgan fingerprint density at radius 3 is 2.76 bits per heavy atom. The second-order valence-electron chi connectivity index (χ2n) is 4.55. The third-order valence-electron chi connectivity index (χ3n) is 3.14. The molecule has 7 heteroatoms. The van der Waals surface area contributed by atoms with E-state index < -0.39 is 4.92 Å². The molecule has 21 heavy (non-hydrogen) atoms. The second-order valence-corrected chi connectivity index (χ2v) is 4.55. The molecular weight excluding hydrogens is 272 g/mol. The minimum atomic E-state index is -0.471. The summed E-state index contributed by atoms with van der Waals surface area (Å²) in [6, 6.07) is 8.58. The van der Waals surface area contributed by atoms with Crippen LogP contribution in [0.2, 0.25) is 0 Å². The maximum absolute atomic E-state index is 11.0. The van der Waals surface area contributed by atoms with Crippen LogP contribution in [0.5, 0.6) is 0 Å². The molecule has 0 aliphatic heterocycles. The van der Waals surface area contributed by atoms with Crippen molar-refractivity contribution in [2.45, 2.75) is 13.0 Å². The van der Waals surface area contributed by atoms with Crippen molar-refractivity contribution in [1.82, 2.24) is 9.97 Å². The lowest BCUT2D eigenvalue weighted by molar-refractivity contribution is -0.383. The number of nitrogens with zero attached hydrogens (tertiary/aromatic N) is 3. The van der Waals surface area contributed by atoms with Crippen molar-refractivity contribution in [1.29, 1.82) is 0 Å². The molecule has 0 saturated heterocycles. The number of anilines is 1. The molecule has 3 aromatic rings. The van der Waals surface area contributed by atoms with E-state index in [1.54, 1.807) is 24.5 Å². The number of hydrogen-bond donors (Lipinski definition) is 1. The molecule has 0 saturated carbocycles. The summed E-state index contributed by atoms with van der Waals surface area (Å²) in [5, 5.41) is 14.0. The van der Waals surface area contributed by atoms with Gasteiger partial charge in [-0.1, -0.05) is 6.07 Å². The Bertz CT molecular complexity index is 785. The number of nitro benzene ring substituents is 1. The standard InChI is InChI=1S/C14H12N4O3/c1-9(10-5-7-15-8-6-10)16-14-17-13-11(18(19)20)3-2-4-12(13)21-14/h2-9H,1H3,(H,16,17). The van der Waals surface area contributed by atoms with E-state index in [1.165, 1.54) is 6.07 Å². The summed E-state index contributed by atoms with van der Waals surface area (Å²) < 4.78 is 5.51. The van der Waals surface area contributed by atoms with E-state index in [-0.39, 0.29) is 23.3 Å². The minimum absolute atomic E-state index is 0.0554. The monoisotopic (exact) mass is 284 g/mol. The van der Waals surface area contributed by atoms with Crippen LogP contribution >= 0.6 is 0 Å². The van der Waals surface area contributed by atoms with Gasteiger partial charge in [0.15, 0.2) is 11.1 Å². The molecule has 2 heterocycles. The second kappa shape index (κ2) is 5.20. The van der Waals surface area contributed by atoms with Gasteiger partial charge >= 0.3 is 0 Å². The Labute approximate surface area is 119 Å². The summed E-state index contributed by atoms with van der Waals surface area (Å²) in [6.45, 7) is 1.94. The van der Waals surface area contributed by atoms with Crippen LogP contribution in [0.25, 0.3) is 11.1 Å². The molecule has 0 bridgehead atoms. The van der Waals surface area contributed by atoms with E-state index in [9.17, 15) is 10.1 Å². The Hall–Kier alpha value is -2.96. The highest BCUT2D eigenvalue weighted by Crippen LogP contribution is 2.28. The maximum Gasteiger partial charge on any atom is 0.298 e. The molecule has 3 rings (SSSR count). The van der Waals surface area contributed by atoms with Crippen LogP contribution in [0.4, 0.5) is 11.7 Å². The Morgan fingerprint density at radius 1 is 1.29 bits per heavy atom. The van der Waals surface area contributed by atoms with E-state index in [1.807, 2.05) is 19.1 Å². The molecule has 1 N–H and O–H groups in total. The van der Waals surface area contributed by atoms with Crippen LogP contribution in [-0.4, -0.2) is 14.9 Å². The van der Waals surface area contributed by atoms with E-state index >= 15 is 0 Å². The molecule has 1 unspecified atom stereocenters. The predicted molar refractivity (Wildman–Crippen MR) is 76.9 cm³/mol. The third kappa shape index (κ3) is 2.53. The number of aromatic nitrogens is 2. The third-order valence-corrected chi connectivity index (χ3v) is 3.14. The van der Waals surface area contributed by atoms with Crippen LogP contribution in [0, 0.1) is 10.1 Å². The summed E-state index contributed by atoms with van der Waals surface area (Å²) in [5.41, 5.74) is 1.57. The van der Waals surface area contributed by atoms with Crippen LogP contribution < -0.4 is 5.32 Å². The molecule has 1 atom stereocenters. The molecule has 0 fully saturated rings. The fourth-order valence-electron chi connectivity index (χ4n) is 2.06. The highest BCUT2D eigenvalue weighted by Gasteiger charge is 2.18. The fourth-order valence-corrected chi connectivity index (χ4v) is 2.06. The Morgan fingerprint density at radius 2 is 2.05 bits per heavy atom. The van der Waals surface area contributed by atoms with Crippen LogP contribution in [-0.2, 0) is 0 Å². The van der Waals surface area contributed by atoms with Gasteiger partial charge in [0.25, 0.3) is 11.7 Å². The van der Waals surface area contributed by atoms with Gasteiger partial charge in [-0.05, 0) is 30.7 Å². The molecule has 0 amide bonds. The van der Waals surface area contributed by atoms with Gasteiger partial charge in [-0.15, -0.1) is 0 Å². The van der Waals surface area contributed by atoms with Crippen molar-refractivity contribution in [3.05, 3.63) is 58.4 Å². The van der Waals surface area contributed by atoms with Gasteiger partial charge in [0.2, 0.25) is 0 Å². The molecule has 0 spiro atoms. The van der Waals surface area contributed by atoms with Gasteiger partial charge in [-0.25, -0.2) is 0 Å². The first kappa shape index (κ1) is 13.0. The van der Waals surface area contributed by atoms with Crippen molar-refractivity contribution >= 4 is 22.8 Å². The smallest absolute Gasteiger partial charge is 0.298 e. The number of nitro groups is 1. The Balaban J connectivity index is 1.92. The SMILES string of the molecule is CC(Nc1nc2c([N+](=O)[O-])cccc2o1)c1ccncc1. The summed E-state index contributed by atoms with van der Waals surface area (Å²) in [4.78, 5) is 18.6. The van der Waals surface area contributed by atoms with Crippen molar-refractivity contribution < 1.29 is 9.34 Å². The van der Waals surface area contributed by atoms with Crippen molar-refractivity contribution in [2.75, 3.05) is 5.32 Å². The van der Waals surface area contributed by atoms with Crippen LogP contribution in [0.3, 0.4) is 0 Å². The molecule has 0 aliphatic carbocycles. The summed E-state index contributed by atoms with van der Waals surface area (Å²) in [5.74, 6) is 0. The molecule has 7 nitrogen and oxygen atoms in total. The van der Waals surface area contributed by atoms with Crippen LogP contribution in [0.15, 0.2) is 47.1 Å². The summed E-state index contributed by atoms with van der Waals surface area (Å²) in [7, 11) is 0. The first-order valence-corrected chi connectivity index (χ1v) is 6.35. The molecule has 1 aromatic carbocycles. The summed E-state index contributed by atoms with van der Waals surface area (Å²) in [6.07, 6.45) is 3.40. The topological polar surface area (TPSA) is 94.1 Å². The lowest BCUT2D eigenvalue weighted by Crippen LogP contribution is -2.06. The highest BCUT2D eigenvalue weighted by molar-refractivity contribution is 5.84. The zero-order valence-corrected chi connectivity index (χ0v) is 11.2. The van der Waals surface area contributed by atoms with E-state index in [2.05, 4.69) is 15.3 Å². The van der Waals surface area contributed by atoms with Crippen molar-refractivity contribution in [3.8, 4) is 0 Å². The first-order chi connectivity index (χ1) is 10.1. The number of fused-ring (bicyclic) bond motifs is 1. The van der Waals surface area contributed by atoms with Crippen LogP contribution in [0.1, 0.15) is 18.5 Å². The van der Waals surface area contributed by atoms with Gasteiger partial charge in [0, 0.05) is 18.5 Å². The molecule has 2 aromatic heterocycles. The van der Waals surface area contributed by atoms with E-state index in [0.29, 0.717) is 5.58 Å². The van der Waals surface area contributed by atoms with E-state index in [0.717, 1.165) is 5.56 Å². The highest BCUT2D eigenvalue weighted by atomic mass is 16.6. The first-order valence-electron chi connectivity index (χ1n) is 6.35. The quantitative estimate of drug-likeness (QED) is 0.583. The number of benzene rings is 1. The summed E-state index contributed by atoms with van der Waals surface area (Å²) >= 11 is 0.